The molecule has 0 aromatic heterocycles. The highest BCUT2D eigenvalue weighted by Crippen LogP contribution is 2.12. The van der Waals surface area contributed by atoms with E-state index in [-0.39, 0.29) is 11.5 Å². The quantitative estimate of drug-likeness (QED) is 0.695. The predicted octanol–water partition coefficient (Wildman–Crippen LogP) is 1.44. The summed E-state index contributed by atoms with van der Waals surface area (Å²) >= 11 is 0. The smallest absolute Gasteiger partial charge is 0.240 e. The van der Waals surface area contributed by atoms with E-state index in [2.05, 4.69) is 5.32 Å². The van der Waals surface area contributed by atoms with Gasteiger partial charge in [-0.05, 0) is 33.6 Å². The zero-order chi connectivity index (χ0) is 12.8. The van der Waals surface area contributed by atoms with E-state index in [4.69, 9.17) is 10.5 Å². The average molecular weight is 230 g/mol. The summed E-state index contributed by atoms with van der Waals surface area (Å²) in [6, 6.07) is 0. The van der Waals surface area contributed by atoms with Crippen LogP contribution in [0.2, 0.25) is 0 Å². The van der Waals surface area contributed by atoms with Crippen LogP contribution in [0.3, 0.4) is 0 Å². The molecule has 4 nitrogen and oxygen atoms in total. The normalized spacial score (nSPS) is 12.6. The number of rotatable bonds is 7. The van der Waals surface area contributed by atoms with Crippen molar-refractivity contribution in [3.63, 3.8) is 0 Å². The topological polar surface area (TPSA) is 64.3 Å². The fraction of sp³-hybridized carbons (Fsp3) is 0.917. The van der Waals surface area contributed by atoms with Gasteiger partial charge in [-0.2, -0.15) is 0 Å². The highest BCUT2D eigenvalue weighted by atomic mass is 16.5. The van der Waals surface area contributed by atoms with Crippen LogP contribution in [0.25, 0.3) is 0 Å². The largest absolute Gasteiger partial charge is 0.374 e. The third-order valence-corrected chi connectivity index (χ3v) is 2.92. The summed E-state index contributed by atoms with van der Waals surface area (Å²) in [5.74, 6) is -0.0923. The first kappa shape index (κ1) is 15.4. The maximum Gasteiger partial charge on any atom is 0.240 e. The maximum atomic E-state index is 11.9. The first-order valence-electron chi connectivity index (χ1n) is 6.02. The van der Waals surface area contributed by atoms with Crippen LogP contribution in [0.5, 0.6) is 0 Å². The zero-order valence-electron chi connectivity index (χ0n) is 11.2. The van der Waals surface area contributed by atoms with Crippen LogP contribution in [0, 0.1) is 0 Å². The van der Waals surface area contributed by atoms with Gasteiger partial charge in [-0.15, -0.1) is 0 Å². The van der Waals surface area contributed by atoms with Crippen LogP contribution in [0.4, 0.5) is 0 Å². The van der Waals surface area contributed by atoms with Crippen molar-refractivity contribution in [1.29, 1.82) is 0 Å². The van der Waals surface area contributed by atoms with Gasteiger partial charge in [0.2, 0.25) is 5.91 Å². The molecule has 0 spiro atoms. The summed E-state index contributed by atoms with van der Waals surface area (Å²) in [6.45, 7) is 10.8. The van der Waals surface area contributed by atoms with E-state index in [9.17, 15) is 4.79 Å². The Balaban J connectivity index is 4.26. The Labute approximate surface area is 98.9 Å². The predicted molar refractivity (Wildman–Crippen MR) is 66.2 cm³/mol. The minimum Gasteiger partial charge on any atom is -0.374 e. The van der Waals surface area contributed by atoms with E-state index < -0.39 is 5.54 Å². The standard InChI is InChI=1S/C12H26N2O2/c1-6-12(13,7-2)10(15)14-9-11(4,5)16-8-3/h6-9,13H2,1-5H3,(H,14,15). The van der Waals surface area contributed by atoms with Crippen molar-refractivity contribution >= 4 is 5.91 Å². The molecule has 0 saturated heterocycles. The fourth-order valence-corrected chi connectivity index (χ4v) is 1.48. The Kier molecular flexibility index (Phi) is 5.97. The van der Waals surface area contributed by atoms with E-state index in [1.165, 1.54) is 0 Å². The summed E-state index contributed by atoms with van der Waals surface area (Å²) in [5.41, 5.74) is 4.90. The van der Waals surface area contributed by atoms with Gasteiger partial charge >= 0.3 is 0 Å². The number of carbonyl (C=O) groups is 1. The zero-order valence-corrected chi connectivity index (χ0v) is 11.2. The van der Waals surface area contributed by atoms with E-state index in [0.717, 1.165) is 0 Å². The molecule has 3 N–H and O–H groups in total. The highest BCUT2D eigenvalue weighted by molar-refractivity contribution is 5.85. The Bertz CT molecular complexity index is 223. The Morgan fingerprint density at radius 2 is 1.75 bits per heavy atom. The van der Waals surface area contributed by atoms with Crippen molar-refractivity contribution in [3.05, 3.63) is 0 Å². The molecule has 4 heteroatoms. The monoisotopic (exact) mass is 230 g/mol. The van der Waals surface area contributed by atoms with Crippen molar-refractivity contribution in [1.82, 2.24) is 5.32 Å². The van der Waals surface area contributed by atoms with Gasteiger partial charge in [0.05, 0.1) is 11.1 Å². The Morgan fingerprint density at radius 1 is 1.25 bits per heavy atom. The van der Waals surface area contributed by atoms with Gasteiger partial charge in [0.15, 0.2) is 0 Å². The fourth-order valence-electron chi connectivity index (χ4n) is 1.48. The van der Waals surface area contributed by atoms with Gasteiger partial charge in [0.1, 0.15) is 0 Å². The lowest BCUT2D eigenvalue weighted by atomic mass is 9.93. The molecule has 0 aliphatic carbocycles. The first-order valence-corrected chi connectivity index (χ1v) is 6.02. The van der Waals surface area contributed by atoms with Crippen LogP contribution < -0.4 is 11.1 Å². The van der Waals surface area contributed by atoms with Crippen LogP contribution >= 0.6 is 0 Å². The molecule has 96 valence electrons. The first-order chi connectivity index (χ1) is 7.31. The summed E-state index contributed by atoms with van der Waals surface area (Å²) in [7, 11) is 0. The number of hydrogen-bond acceptors (Lipinski definition) is 3. The molecule has 0 saturated carbocycles. The number of nitrogens with one attached hydrogen (secondary N) is 1. The molecule has 0 unspecified atom stereocenters. The molecule has 0 heterocycles. The molecule has 0 aromatic rings. The van der Waals surface area contributed by atoms with Gasteiger partial charge in [-0.1, -0.05) is 13.8 Å². The minimum atomic E-state index is -0.748. The van der Waals surface area contributed by atoms with Gasteiger partial charge in [0, 0.05) is 13.2 Å². The average Bonchev–Trinajstić information content (AvgIpc) is 2.24. The lowest BCUT2D eigenvalue weighted by Gasteiger charge is -2.29. The van der Waals surface area contributed by atoms with Crippen molar-refractivity contribution in [2.75, 3.05) is 13.2 Å². The molecule has 0 fully saturated rings. The maximum absolute atomic E-state index is 11.9. The number of ether oxygens (including phenoxy) is 1. The summed E-state index contributed by atoms with van der Waals surface area (Å²) in [6.07, 6.45) is 1.29. The second kappa shape index (κ2) is 6.21. The molecule has 0 aliphatic rings. The van der Waals surface area contributed by atoms with E-state index in [0.29, 0.717) is 26.0 Å². The number of amides is 1. The molecule has 0 atom stereocenters. The van der Waals surface area contributed by atoms with Crippen LogP contribution in [0.15, 0.2) is 0 Å². The van der Waals surface area contributed by atoms with Crippen molar-refractivity contribution in [2.45, 2.75) is 58.6 Å². The second-order valence-electron chi connectivity index (χ2n) is 4.74. The van der Waals surface area contributed by atoms with Crippen LogP contribution in [-0.4, -0.2) is 30.2 Å². The lowest BCUT2D eigenvalue weighted by Crippen LogP contribution is -2.55. The molecule has 0 bridgehead atoms. The third-order valence-electron chi connectivity index (χ3n) is 2.92. The molecule has 0 aliphatic heterocycles. The summed E-state index contributed by atoms with van der Waals surface area (Å²) in [5, 5.41) is 2.86. The number of nitrogens with two attached hydrogens (primary N) is 1. The molecular weight excluding hydrogens is 204 g/mol. The molecule has 16 heavy (non-hydrogen) atoms. The van der Waals surface area contributed by atoms with Crippen molar-refractivity contribution in [3.8, 4) is 0 Å². The number of carbonyl (C=O) groups excluding carboxylic acids is 1. The van der Waals surface area contributed by atoms with Gasteiger partial charge in [0.25, 0.3) is 0 Å². The summed E-state index contributed by atoms with van der Waals surface area (Å²) in [4.78, 5) is 11.9. The second-order valence-corrected chi connectivity index (χ2v) is 4.74. The van der Waals surface area contributed by atoms with Crippen LogP contribution in [-0.2, 0) is 9.53 Å². The Hall–Kier alpha value is -0.610. The van der Waals surface area contributed by atoms with E-state index in [1.807, 2.05) is 34.6 Å². The van der Waals surface area contributed by atoms with Gasteiger partial charge in [-0.3, -0.25) is 4.79 Å². The minimum absolute atomic E-state index is 0.0923. The Morgan fingerprint density at radius 3 is 2.12 bits per heavy atom. The summed E-state index contributed by atoms with van der Waals surface area (Å²) < 4.78 is 5.50. The van der Waals surface area contributed by atoms with E-state index in [1.54, 1.807) is 0 Å². The van der Waals surface area contributed by atoms with Crippen molar-refractivity contribution in [2.24, 2.45) is 5.73 Å². The van der Waals surface area contributed by atoms with E-state index >= 15 is 0 Å². The van der Waals surface area contributed by atoms with Crippen molar-refractivity contribution < 1.29 is 9.53 Å². The highest BCUT2D eigenvalue weighted by Gasteiger charge is 2.31. The molecule has 1 amide bonds. The number of hydrogen-bond donors (Lipinski definition) is 2. The molecule has 0 radical (unpaired) electrons. The van der Waals surface area contributed by atoms with Crippen LogP contribution in [0.1, 0.15) is 47.5 Å². The molecular formula is C12H26N2O2. The van der Waals surface area contributed by atoms with Gasteiger partial charge < -0.3 is 15.8 Å². The SMILES string of the molecule is CCOC(C)(C)CNC(=O)C(N)(CC)CC. The lowest BCUT2D eigenvalue weighted by molar-refractivity contribution is -0.128. The third kappa shape index (κ3) is 4.49. The molecule has 0 aromatic carbocycles. The molecule has 0 rings (SSSR count). The van der Waals surface area contributed by atoms with Gasteiger partial charge in [-0.25, -0.2) is 0 Å².